The second-order valence-electron chi connectivity index (χ2n) is 4.07. The zero-order valence-electron chi connectivity index (χ0n) is 9.26. The Morgan fingerprint density at radius 1 is 1.59 bits per heavy atom. The second kappa shape index (κ2) is 6.31. The summed E-state index contributed by atoms with van der Waals surface area (Å²) in [6.07, 6.45) is 3.49. The van der Waals surface area contributed by atoms with Gasteiger partial charge in [0.25, 0.3) is 5.91 Å². The van der Waals surface area contributed by atoms with Crippen LogP contribution in [0.25, 0.3) is 0 Å². The Morgan fingerprint density at radius 3 is 3.00 bits per heavy atom. The Balaban J connectivity index is 1.76. The van der Waals surface area contributed by atoms with Crippen LogP contribution in [0.3, 0.4) is 0 Å². The van der Waals surface area contributed by atoms with E-state index in [0.29, 0.717) is 6.04 Å². The fraction of sp³-hybridized carbons (Fsp3) is 0.545. The number of nitrogens with one attached hydrogen (secondary N) is 2. The van der Waals surface area contributed by atoms with Gasteiger partial charge < -0.3 is 10.6 Å². The Hall–Kier alpha value is 0.0900. The van der Waals surface area contributed by atoms with Crippen molar-refractivity contribution in [3.63, 3.8) is 0 Å². The fourth-order valence-corrected chi connectivity index (χ4v) is 3.86. The van der Waals surface area contributed by atoms with E-state index < -0.39 is 0 Å². The first-order chi connectivity index (χ1) is 8.16. The van der Waals surface area contributed by atoms with E-state index in [2.05, 4.69) is 42.5 Å². The van der Waals surface area contributed by atoms with Gasteiger partial charge in [-0.1, -0.05) is 0 Å². The van der Waals surface area contributed by atoms with Crippen LogP contribution in [0.5, 0.6) is 0 Å². The molecular formula is C11H14Br2N2OS. The topological polar surface area (TPSA) is 41.1 Å². The average molecular weight is 382 g/mol. The number of halogens is 2. The van der Waals surface area contributed by atoms with E-state index in [1.165, 1.54) is 24.2 Å². The Bertz CT molecular complexity index is 383. The van der Waals surface area contributed by atoms with Gasteiger partial charge in [0.05, 0.1) is 8.66 Å². The van der Waals surface area contributed by atoms with Crippen molar-refractivity contribution in [3.05, 3.63) is 19.2 Å². The molecule has 3 nitrogen and oxygen atoms in total. The van der Waals surface area contributed by atoms with Crippen LogP contribution in [0.2, 0.25) is 0 Å². The molecule has 0 radical (unpaired) electrons. The number of hydrogen-bond donors (Lipinski definition) is 2. The standard InChI is InChI=1S/C11H14Br2N2OS/c12-8-6-9(17-10(8)13)11(16)15-5-3-7-2-1-4-14-7/h6-7,14H,1-5H2,(H,15,16)/t7-/m1/s1. The molecule has 94 valence electrons. The molecule has 2 rings (SSSR count). The second-order valence-corrected chi connectivity index (χ2v) is 7.29. The molecule has 1 saturated heterocycles. The molecule has 0 aromatic carbocycles. The van der Waals surface area contributed by atoms with Gasteiger partial charge in [-0.05, 0) is 63.7 Å². The minimum Gasteiger partial charge on any atom is -0.351 e. The number of thiophene rings is 1. The summed E-state index contributed by atoms with van der Waals surface area (Å²) in [5.74, 6) is 0.0133. The van der Waals surface area contributed by atoms with E-state index in [1.54, 1.807) is 0 Å². The molecule has 0 spiro atoms. The fourth-order valence-electron chi connectivity index (χ4n) is 1.91. The van der Waals surface area contributed by atoms with Crippen LogP contribution in [-0.2, 0) is 0 Å². The summed E-state index contributed by atoms with van der Waals surface area (Å²) in [5.41, 5.74) is 0. The highest BCUT2D eigenvalue weighted by atomic mass is 79.9. The van der Waals surface area contributed by atoms with Gasteiger partial charge >= 0.3 is 0 Å². The lowest BCUT2D eigenvalue weighted by molar-refractivity contribution is 0.0956. The van der Waals surface area contributed by atoms with Crippen LogP contribution in [-0.4, -0.2) is 25.0 Å². The molecule has 2 N–H and O–H groups in total. The van der Waals surface area contributed by atoms with Crippen LogP contribution < -0.4 is 10.6 Å². The van der Waals surface area contributed by atoms with E-state index in [9.17, 15) is 4.79 Å². The highest BCUT2D eigenvalue weighted by Crippen LogP contribution is 2.32. The van der Waals surface area contributed by atoms with E-state index in [1.807, 2.05) is 6.07 Å². The predicted octanol–water partition coefficient (Wildman–Crippen LogP) is 3.15. The summed E-state index contributed by atoms with van der Waals surface area (Å²) in [7, 11) is 0. The van der Waals surface area contributed by atoms with E-state index in [-0.39, 0.29) is 5.91 Å². The summed E-state index contributed by atoms with van der Waals surface area (Å²) in [5, 5.41) is 6.38. The number of amides is 1. The van der Waals surface area contributed by atoms with Gasteiger partial charge in [0.2, 0.25) is 0 Å². The van der Waals surface area contributed by atoms with Gasteiger partial charge in [-0.25, -0.2) is 0 Å². The highest BCUT2D eigenvalue weighted by molar-refractivity contribution is 9.13. The lowest BCUT2D eigenvalue weighted by Crippen LogP contribution is -2.30. The summed E-state index contributed by atoms with van der Waals surface area (Å²) >= 11 is 8.22. The van der Waals surface area contributed by atoms with Crippen molar-refractivity contribution < 1.29 is 4.79 Å². The number of rotatable bonds is 4. The molecule has 17 heavy (non-hydrogen) atoms. The third-order valence-corrected chi connectivity index (χ3v) is 6.06. The van der Waals surface area contributed by atoms with Gasteiger partial charge in [-0.3, -0.25) is 4.79 Å². The molecule has 1 atom stereocenters. The number of carbonyl (C=O) groups excluding carboxylic acids is 1. The summed E-state index contributed by atoms with van der Waals surface area (Å²) < 4.78 is 1.89. The quantitative estimate of drug-likeness (QED) is 0.841. The minimum absolute atomic E-state index is 0.0133. The first-order valence-electron chi connectivity index (χ1n) is 5.63. The van der Waals surface area contributed by atoms with Crippen molar-refractivity contribution in [2.24, 2.45) is 0 Å². The molecule has 1 aliphatic heterocycles. The van der Waals surface area contributed by atoms with E-state index >= 15 is 0 Å². The molecule has 1 fully saturated rings. The monoisotopic (exact) mass is 380 g/mol. The van der Waals surface area contributed by atoms with Crippen molar-refractivity contribution in [1.29, 1.82) is 0 Å². The zero-order valence-corrected chi connectivity index (χ0v) is 13.3. The maximum Gasteiger partial charge on any atom is 0.261 e. The van der Waals surface area contributed by atoms with Crippen LogP contribution in [0.4, 0.5) is 0 Å². The first-order valence-corrected chi connectivity index (χ1v) is 8.03. The summed E-state index contributed by atoms with van der Waals surface area (Å²) in [4.78, 5) is 12.6. The molecule has 0 bridgehead atoms. The molecule has 0 saturated carbocycles. The normalized spacial score (nSPS) is 19.5. The van der Waals surface area contributed by atoms with E-state index in [0.717, 1.165) is 32.6 Å². The largest absolute Gasteiger partial charge is 0.351 e. The molecule has 1 aliphatic rings. The van der Waals surface area contributed by atoms with Gasteiger partial charge in [-0.2, -0.15) is 0 Å². The van der Waals surface area contributed by atoms with Gasteiger partial charge in [-0.15, -0.1) is 11.3 Å². The third kappa shape index (κ3) is 3.77. The molecule has 1 aromatic heterocycles. The molecule has 1 amide bonds. The van der Waals surface area contributed by atoms with Crippen LogP contribution >= 0.6 is 43.2 Å². The highest BCUT2D eigenvalue weighted by Gasteiger charge is 2.15. The van der Waals surface area contributed by atoms with Crippen molar-refractivity contribution >= 4 is 49.1 Å². The first kappa shape index (κ1) is 13.5. The van der Waals surface area contributed by atoms with Crippen molar-refractivity contribution in [1.82, 2.24) is 10.6 Å². The zero-order chi connectivity index (χ0) is 12.3. The maximum absolute atomic E-state index is 11.8. The predicted molar refractivity (Wildman–Crippen MR) is 77.7 cm³/mol. The summed E-state index contributed by atoms with van der Waals surface area (Å²) in [6, 6.07) is 2.43. The molecule has 0 unspecified atom stereocenters. The number of hydrogen-bond acceptors (Lipinski definition) is 3. The molecule has 2 heterocycles. The van der Waals surface area contributed by atoms with Crippen molar-refractivity contribution in [2.45, 2.75) is 25.3 Å². The SMILES string of the molecule is O=C(NCC[C@H]1CCCN1)c1cc(Br)c(Br)s1. The van der Waals surface area contributed by atoms with Crippen molar-refractivity contribution in [3.8, 4) is 0 Å². The minimum atomic E-state index is 0.0133. The molecule has 0 aliphatic carbocycles. The third-order valence-electron chi connectivity index (χ3n) is 2.81. The Labute approximate surface area is 122 Å². The van der Waals surface area contributed by atoms with Gasteiger partial charge in [0.15, 0.2) is 0 Å². The molecule has 6 heteroatoms. The van der Waals surface area contributed by atoms with E-state index in [4.69, 9.17) is 0 Å². The number of carbonyl (C=O) groups is 1. The van der Waals surface area contributed by atoms with Crippen LogP contribution in [0.1, 0.15) is 28.9 Å². The Morgan fingerprint density at radius 2 is 2.41 bits per heavy atom. The van der Waals surface area contributed by atoms with Crippen LogP contribution in [0, 0.1) is 0 Å². The lowest BCUT2D eigenvalue weighted by atomic mass is 10.1. The smallest absolute Gasteiger partial charge is 0.261 e. The van der Waals surface area contributed by atoms with Gasteiger partial charge in [0.1, 0.15) is 0 Å². The van der Waals surface area contributed by atoms with Gasteiger partial charge in [0, 0.05) is 17.1 Å². The maximum atomic E-state index is 11.8. The van der Waals surface area contributed by atoms with Crippen molar-refractivity contribution in [2.75, 3.05) is 13.1 Å². The molecular weight excluding hydrogens is 368 g/mol. The lowest BCUT2D eigenvalue weighted by Gasteiger charge is -2.09. The molecule has 1 aromatic rings. The average Bonchev–Trinajstić information content (AvgIpc) is 2.90. The summed E-state index contributed by atoms with van der Waals surface area (Å²) in [6.45, 7) is 1.85. The Kier molecular flexibility index (Phi) is 5.02. The van der Waals surface area contributed by atoms with Crippen LogP contribution in [0.15, 0.2) is 14.3 Å².